The van der Waals surface area contributed by atoms with E-state index in [-0.39, 0.29) is 12.1 Å². The fraction of sp³-hybridized carbons (Fsp3) is 0.167. The molecule has 1 atom stereocenters. The average Bonchev–Trinajstić information content (AvgIpc) is 2.30. The highest BCUT2D eigenvalue weighted by molar-refractivity contribution is 5.94. The molecule has 0 aliphatic rings. The van der Waals surface area contributed by atoms with E-state index >= 15 is 0 Å². The summed E-state index contributed by atoms with van der Waals surface area (Å²) < 4.78 is 12.7. The summed E-state index contributed by atoms with van der Waals surface area (Å²) in [7, 11) is 0. The van der Waals surface area contributed by atoms with Crippen molar-refractivity contribution in [2.45, 2.75) is 12.5 Å². The summed E-state index contributed by atoms with van der Waals surface area (Å²) in [6, 6.07) is 4.21. The molecule has 0 saturated heterocycles. The van der Waals surface area contributed by atoms with E-state index in [0.29, 0.717) is 5.56 Å². The maximum atomic E-state index is 12.7. The monoisotopic (exact) mass is 252 g/mol. The van der Waals surface area contributed by atoms with Crippen LogP contribution in [0.3, 0.4) is 0 Å². The minimum Gasteiger partial charge on any atom is -0.480 e. The molecule has 1 aromatic rings. The second-order valence-corrected chi connectivity index (χ2v) is 3.72. The number of halogens is 1. The smallest absolute Gasteiger partial charge is 0.326 e. The first-order chi connectivity index (χ1) is 8.40. The Morgan fingerprint density at radius 1 is 1.39 bits per heavy atom. The van der Waals surface area contributed by atoms with Gasteiger partial charge in [-0.3, -0.25) is 4.79 Å². The summed E-state index contributed by atoms with van der Waals surface area (Å²) in [5, 5.41) is 11.2. The van der Waals surface area contributed by atoms with Crippen molar-refractivity contribution < 1.29 is 19.1 Å². The summed E-state index contributed by atoms with van der Waals surface area (Å²) in [6.45, 7) is 3.21. The minimum absolute atomic E-state index is 0.0363. The molecule has 0 aromatic heterocycles. The molecule has 96 valence electrons. The van der Waals surface area contributed by atoms with Gasteiger partial charge in [0.05, 0.1) is 5.70 Å². The summed E-state index contributed by atoms with van der Waals surface area (Å²) >= 11 is 0. The topological polar surface area (TPSA) is 92.4 Å². The van der Waals surface area contributed by atoms with Crippen LogP contribution in [0.25, 0.3) is 0 Å². The second kappa shape index (κ2) is 5.81. The summed E-state index contributed by atoms with van der Waals surface area (Å²) in [4.78, 5) is 22.2. The van der Waals surface area contributed by atoms with E-state index < -0.39 is 23.7 Å². The maximum absolute atomic E-state index is 12.7. The number of hydrogen-bond donors (Lipinski definition) is 3. The Balaban J connectivity index is 2.75. The van der Waals surface area contributed by atoms with Crippen molar-refractivity contribution in [2.24, 2.45) is 5.73 Å². The number of carbonyl (C=O) groups excluding carboxylic acids is 1. The molecule has 5 nitrogen and oxygen atoms in total. The number of nitrogens with two attached hydrogens (primary N) is 1. The van der Waals surface area contributed by atoms with Crippen LogP contribution < -0.4 is 11.1 Å². The lowest BCUT2D eigenvalue weighted by molar-refractivity contribution is -0.141. The fourth-order valence-corrected chi connectivity index (χ4v) is 1.31. The van der Waals surface area contributed by atoms with E-state index in [2.05, 4.69) is 11.9 Å². The van der Waals surface area contributed by atoms with Crippen molar-refractivity contribution in [1.82, 2.24) is 5.32 Å². The first-order valence-corrected chi connectivity index (χ1v) is 5.12. The first-order valence-electron chi connectivity index (χ1n) is 5.12. The molecule has 0 spiro atoms. The lowest BCUT2D eigenvalue weighted by atomic mass is 10.1. The third kappa shape index (κ3) is 3.89. The zero-order valence-corrected chi connectivity index (χ0v) is 9.52. The number of nitrogens with one attached hydrogen (secondary N) is 1. The third-order valence-electron chi connectivity index (χ3n) is 2.25. The molecule has 4 N–H and O–H groups in total. The Morgan fingerprint density at radius 3 is 2.39 bits per heavy atom. The number of carboxylic acids is 1. The largest absolute Gasteiger partial charge is 0.480 e. The number of carboxylic acid groups (broad SMARTS) is 1. The molecule has 0 aliphatic carbocycles. The molecule has 0 aliphatic heterocycles. The van der Waals surface area contributed by atoms with Gasteiger partial charge in [-0.05, 0) is 17.7 Å². The van der Waals surface area contributed by atoms with Gasteiger partial charge < -0.3 is 16.2 Å². The Hall–Kier alpha value is -2.37. The van der Waals surface area contributed by atoms with Crippen LogP contribution in [-0.2, 0) is 16.0 Å². The van der Waals surface area contributed by atoms with Crippen molar-refractivity contribution in [2.75, 3.05) is 0 Å². The van der Waals surface area contributed by atoms with Crippen LogP contribution in [0.15, 0.2) is 36.5 Å². The van der Waals surface area contributed by atoms with Gasteiger partial charge in [0.25, 0.3) is 5.91 Å². The molecule has 1 unspecified atom stereocenters. The van der Waals surface area contributed by atoms with Crippen molar-refractivity contribution >= 4 is 11.9 Å². The number of hydrogen-bond acceptors (Lipinski definition) is 3. The molecular formula is C12H13FN2O3. The summed E-state index contributed by atoms with van der Waals surface area (Å²) in [5.74, 6) is -2.34. The fourth-order valence-electron chi connectivity index (χ4n) is 1.31. The van der Waals surface area contributed by atoms with Crippen LogP contribution in [0.5, 0.6) is 0 Å². The van der Waals surface area contributed by atoms with E-state index in [9.17, 15) is 14.0 Å². The molecule has 6 heteroatoms. The predicted molar refractivity (Wildman–Crippen MR) is 63.0 cm³/mol. The minimum atomic E-state index is -1.20. The zero-order valence-electron chi connectivity index (χ0n) is 9.52. The Morgan fingerprint density at radius 2 is 1.94 bits per heavy atom. The summed E-state index contributed by atoms with van der Waals surface area (Å²) in [5.41, 5.74) is 5.47. The standard InChI is InChI=1S/C12H13FN2O3/c1-7(14)11(16)15-10(12(17)18)6-8-2-4-9(13)5-3-8/h2-5,10H,1,6,14H2,(H,15,16)(H,17,18). The van der Waals surface area contributed by atoms with E-state index in [1.54, 1.807) is 0 Å². The van der Waals surface area contributed by atoms with Gasteiger partial charge in [0.2, 0.25) is 0 Å². The molecule has 0 fully saturated rings. The van der Waals surface area contributed by atoms with Crippen LogP contribution in [0.2, 0.25) is 0 Å². The Kier molecular flexibility index (Phi) is 4.42. The molecule has 1 aromatic carbocycles. The van der Waals surface area contributed by atoms with Gasteiger partial charge in [0.15, 0.2) is 0 Å². The van der Waals surface area contributed by atoms with Crippen molar-refractivity contribution in [3.63, 3.8) is 0 Å². The van der Waals surface area contributed by atoms with Crippen LogP contribution in [0.4, 0.5) is 4.39 Å². The molecule has 1 rings (SSSR count). The second-order valence-electron chi connectivity index (χ2n) is 3.72. The lowest BCUT2D eigenvalue weighted by Gasteiger charge is -2.14. The van der Waals surface area contributed by atoms with Crippen molar-refractivity contribution in [3.05, 3.63) is 47.9 Å². The van der Waals surface area contributed by atoms with Crippen molar-refractivity contribution in [3.8, 4) is 0 Å². The third-order valence-corrected chi connectivity index (χ3v) is 2.25. The van der Waals surface area contributed by atoms with Gasteiger partial charge in [-0.2, -0.15) is 0 Å². The van der Waals surface area contributed by atoms with Gasteiger partial charge in [-0.25, -0.2) is 9.18 Å². The molecule has 18 heavy (non-hydrogen) atoms. The predicted octanol–water partition coefficient (Wildman–Crippen LogP) is 0.410. The van der Waals surface area contributed by atoms with Gasteiger partial charge in [-0.15, -0.1) is 0 Å². The average molecular weight is 252 g/mol. The van der Waals surface area contributed by atoms with Crippen LogP contribution >= 0.6 is 0 Å². The zero-order chi connectivity index (χ0) is 13.7. The number of amides is 1. The van der Waals surface area contributed by atoms with E-state index in [0.717, 1.165) is 0 Å². The Labute approximate surface area is 103 Å². The Bertz CT molecular complexity index is 471. The van der Waals surface area contributed by atoms with E-state index in [4.69, 9.17) is 10.8 Å². The molecule has 0 heterocycles. The molecular weight excluding hydrogens is 239 g/mol. The van der Waals surface area contributed by atoms with E-state index in [1.165, 1.54) is 24.3 Å². The normalized spacial score (nSPS) is 11.6. The number of benzene rings is 1. The molecule has 0 saturated carbocycles. The number of rotatable bonds is 5. The van der Waals surface area contributed by atoms with Gasteiger partial charge in [0, 0.05) is 6.42 Å². The quantitative estimate of drug-likeness (QED) is 0.662. The van der Waals surface area contributed by atoms with E-state index in [1.807, 2.05) is 0 Å². The highest BCUT2D eigenvalue weighted by Gasteiger charge is 2.20. The molecule has 0 bridgehead atoms. The highest BCUT2D eigenvalue weighted by Crippen LogP contribution is 2.06. The molecule has 0 radical (unpaired) electrons. The van der Waals surface area contributed by atoms with Crippen LogP contribution in [0, 0.1) is 5.82 Å². The molecule has 1 amide bonds. The van der Waals surface area contributed by atoms with Gasteiger partial charge in [-0.1, -0.05) is 18.7 Å². The first kappa shape index (κ1) is 13.7. The van der Waals surface area contributed by atoms with Gasteiger partial charge in [0.1, 0.15) is 11.9 Å². The van der Waals surface area contributed by atoms with Crippen molar-refractivity contribution in [1.29, 1.82) is 0 Å². The SMILES string of the molecule is C=C(N)C(=O)NC(Cc1ccc(F)cc1)C(=O)O. The van der Waals surface area contributed by atoms with Gasteiger partial charge >= 0.3 is 5.97 Å². The lowest BCUT2D eigenvalue weighted by Crippen LogP contribution is -2.43. The van der Waals surface area contributed by atoms with Crippen LogP contribution in [-0.4, -0.2) is 23.0 Å². The maximum Gasteiger partial charge on any atom is 0.326 e. The number of carbonyl (C=O) groups is 2. The summed E-state index contributed by atoms with van der Waals surface area (Å²) in [6.07, 6.45) is 0.0363. The highest BCUT2D eigenvalue weighted by atomic mass is 19.1. The van der Waals surface area contributed by atoms with Crippen LogP contribution in [0.1, 0.15) is 5.56 Å². The number of aliphatic carboxylic acids is 1.